The van der Waals surface area contributed by atoms with Crippen molar-refractivity contribution < 1.29 is 13.9 Å². The first-order valence-corrected chi connectivity index (χ1v) is 8.42. The lowest BCUT2D eigenvalue weighted by Gasteiger charge is -2.40. The van der Waals surface area contributed by atoms with Crippen molar-refractivity contribution in [3.05, 3.63) is 0 Å². The highest BCUT2D eigenvalue weighted by Crippen LogP contribution is 2.27. The molecule has 1 amide bonds. The van der Waals surface area contributed by atoms with Crippen molar-refractivity contribution in [1.29, 1.82) is 0 Å². The number of alkyl halides is 1. The van der Waals surface area contributed by atoms with Gasteiger partial charge in [-0.05, 0) is 33.6 Å². The molecule has 3 heterocycles. The summed E-state index contributed by atoms with van der Waals surface area (Å²) < 4.78 is 19.0. The van der Waals surface area contributed by atoms with Crippen molar-refractivity contribution in [3.8, 4) is 0 Å². The lowest BCUT2D eigenvalue weighted by Crippen LogP contribution is -2.54. The maximum Gasteiger partial charge on any atom is 0.410 e. The Hall–Kier alpha value is -0.880. The molecule has 0 aromatic heterocycles. The molecule has 0 N–H and O–H groups in total. The van der Waals surface area contributed by atoms with Crippen molar-refractivity contribution in [1.82, 2.24) is 14.7 Å². The molecule has 5 nitrogen and oxygen atoms in total. The molecule has 3 rings (SSSR count). The molecule has 0 aliphatic carbocycles. The summed E-state index contributed by atoms with van der Waals surface area (Å²) in [5.41, 5.74) is -0.444. The summed E-state index contributed by atoms with van der Waals surface area (Å²) in [5, 5.41) is 0. The smallest absolute Gasteiger partial charge is 0.410 e. The molecule has 0 radical (unpaired) electrons. The van der Waals surface area contributed by atoms with E-state index in [1.807, 2.05) is 25.7 Å². The maximum atomic E-state index is 13.5. The molecule has 0 spiro atoms. The molecular weight excluding hydrogens is 285 g/mol. The van der Waals surface area contributed by atoms with Gasteiger partial charge in [-0.25, -0.2) is 9.18 Å². The van der Waals surface area contributed by atoms with Crippen LogP contribution in [0.2, 0.25) is 0 Å². The molecule has 0 bridgehead atoms. The van der Waals surface area contributed by atoms with Crippen LogP contribution in [0.5, 0.6) is 0 Å². The van der Waals surface area contributed by atoms with Gasteiger partial charge in [0.1, 0.15) is 11.8 Å². The molecular formula is C16H28FN3O2. The third-order valence-electron chi connectivity index (χ3n) is 4.93. The van der Waals surface area contributed by atoms with E-state index in [9.17, 15) is 9.18 Å². The monoisotopic (exact) mass is 313 g/mol. The summed E-state index contributed by atoms with van der Waals surface area (Å²) in [6.45, 7) is 10.7. The second kappa shape index (κ2) is 5.96. The largest absolute Gasteiger partial charge is 0.444 e. The number of ether oxygens (including phenoxy) is 1. The number of carbonyl (C=O) groups excluding carboxylic acids is 1. The van der Waals surface area contributed by atoms with Gasteiger partial charge in [0.25, 0.3) is 0 Å². The number of carbonyl (C=O) groups is 1. The number of nitrogens with zero attached hydrogens (tertiary/aromatic N) is 3. The molecule has 6 heteroatoms. The molecule has 3 fully saturated rings. The first-order chi connectivity index (χ1) is 10.3. The quantitative estimate of drug-likeness (QED) is 0.738. The Morgan fingerprint density at radius 1 is 1.05 bits per heavy atom. The van der Waals surface area contributed by atoms with Crippen LogP contribution >= 0.6 is 0 Å². The van der Waals surface area contributed by atoms with Gasteiger partial charge in [-0.1, -0.05) is 0 Å². The first kappa shape index (κ1) is 16.0. The van der Waals surface area contributed by atoms with Gasteiger partial charge in [0.05, 0.1) is 0 Å². The Labute approximate surface area is 132 Å². The van der Waals surface area contributed by atoms with E-state index in [1.54, 1.807) is 0 Å². The van der Waals surface area contributed by atoms with Crippen molar-refractivity contribution in [2.24, 2.45) is 0 Å². The van der Waals surface area contributed by atoms with Crippen molar-refractivity contribution >= 4 is 6.09 Å². The summed E-state index contributed by atoms with van der Waals surface area (Å²) in [5.74, 6) is 0. The van der Waals surface area contributed by atoms with Gasteiger partial charge < -0.3 is 9.64 Å². The van der Waals surface area contributed by atoms with Crippen LogP contribution in [0.15, 0.2) is 0 Å². The van der Waals surface area contributed by atoms with Gasteiger partial charge in [0.15, 0.2) is 0 Å². The highest BCUT2D eigenvalue weighted by Gasteiger charge is 2.40. The zero-order valence-electron chi connectivity index (χ0n) is 13.9. The van der Waals surface area contributed by atoms with Crippen molar-refractivity contribution in [2.75, 3.05) is 39.3 Å². The Morgan fingerprint density at radius 3 is 2.41 bits per heavy atom. The van der Waals surface area contributed by atoms with E-state index < -0.39 is 11.8 Å². The number of amides is 1. The minimum absolute atomic E-state index is 0.210. The maximum absolute atomic E-state index is 13.5. The predicted octanol–water partition coefficient (Wildman–Crippen LogP) is 1.72. The van der Waals surface area contributed by atoms with Crippen molar-refractivity contribution in [2.45, 2.75) is 57.5 Å². The van der Waals surface area contributed by atoms with Gasteiger partial charge in [-0.3, -0.25) is 9.80 Å². The molecule has 0 saturated carbocycles. The van der Waals surface area contributed by atoms with E-state index in [0.717, 1.165) is 39.1 Å². The summed E-state index contributed by atoms with van der Waals surface area (Å²) in [7, 11) is 0. The summed E-state index contributed by atoms with van der Waals surface area (Å²) in [4.78, 5) is 18.7. The molecule has 3 aliphatic rings. The van der Waals surface area contributed by atoms with Gasteiger partial charge in [0.2, 0.25) is 0 Å². The van der Waals surface area contributed by atoms with E-state index in [0.29, 0.717) is 25.0 Å². The first-order valence-electron chi connectivity index (χ1n) is 8.42. The Bertz CT molecular complexity index is 426. The Balaban J connectivity index is 1.52. The second-order valence-electron chi connectivity index (χ2n) is 7.85. The van der Waals surface area contributed by atoms with E-state index in [4.69, 9.17) is 4.74 Å². The molecule has 3 saturated heterocycles. The summed E-state index contributed by atoms with van der Waals surface area (Å²) in [6.07, 6.45) is 0.786. The fraction of sp³-hybridized carbons (Fsp3) is 0.938. The zero-order valence-corrected chi connectivity index (χ0v) is 13.9. The van der Waals surface area contributed by atoms with Crippen LogP contribution < -0.4 is 0 Å². The zero-order chi connectivity index (χ0) is 15.9. The van der Waals surface area contributed by atoms with Crippen molar-refractivity contribution in [3.63, 3.8) is 0 Å². The van der Waals surface area contributed by atoms with Crippen LogP contribution in [0, 0.1) is 0 Å². The number of halogens is 1. The lowest BCUT2D eigenvalue weighted by molar-refractivity contribution is 0.0260. The Morgan fingerprint density at radius 2 is 1.73 bits per heavy atom. The fourth-order valence-corrected chi connectivity index (χ4v) is 3.87. The van der Waals surface area contributed by atoms with Gasteiger partial charge in [0, 0.05) is 51.4 Å². The number of rotatable bonds is 1. The Kier molecular flexibility index (Phi) is 4.34. The third-order valence-corrected chi connectivity index (χ3v) is 4.93. The minimum Gasteiger partial charge on any atom is -0.444 e. The van der Waals surface area contributed by atoms with Gasteiger partial charge in [-0.2, -0.15) is 0 Å². The van der Waals surface area contributed by atoms with Crippen LogP contribution in [0.1, 0.15) is 33.6 Å². The SMILES string of the molecule is CC(C)(C)OC(=O)N1CC[C@H](N2CCN3C[C@@H](F)C[C@H]3C2)C1. The molecule has 0 unspecified atom stereocenters. The lowest BCUT2D eigenvalue weighted by atomic mass is 10.1. The van der Waals surface area contributed by atoms with E-state index >= 15 is 0 Å². The predicted molar refractivity (Wildman–Crippen MR) is 82.7 cm³/mol. The van der Waals surface area contributed by atoms with Crippen LogP contribution in [0.3, 0.4) is 0 Å². The number of hydrogen-bond acceptors (Lipinski definition) is 4. The third kappa shape index (κ3) is 3.54. The average molecular weight is 313 g/mol. The molecule has 0 aromatic carbocycles. The molecule has 3 atom stereocenters. The van der Waals surface area contributed by atoms with E-state index in [1.165, 1.54) is 0 Å². The van der Waals surface area contributed by atoms with E-state index in [2.05, 4.69) is 9.80 Å². The van der Waals surface area contributed by atoms with Crippen LogP contribution in [0.4, 0.5) is 9.18 Å². The van der Waals surface area contributed by atoms with Gasteiger partial charge >= 0.3 is 6.09 Å². The van der Waals surface area contributed by atoms with Gasteiger partial charge in [-0.15, -0.1) is 0 Å². The number of piperazine rings is 1. The summed E-state index contributed by atoms with van der Waals surface area (Å²) in [6, 6.07) is 0.757. The topological polar surface area (TPSA) is 36.0 Å². The second-order valence-corrected chi connectivity index (χ2v) is 7.85. The fourth-order valence-electron chi connectivity index (χ4n) is 3.87. The van der Waals surface area contributed by atoms with Crippen LogP contribution in [0.25, 0.3) is 0 Å². The summed E-state index contributed by atoms with van der Waals surface area (Å²) >= 11 is 0. The highest BCUT2D eigenvalue weighted by atomic mass is 19.1. The standard InChI is InChI=1S/C16H28FN3O2/c1-16(2,3)22-15(21)20-5-4-13(10-20)19-7-6-18-9-12(17)8-14(18)11-19/h12-14H,4-11H2,1-3H3/t12-,13-,14-/m0/s1. The molecule has 22 heavy (non-hydrogen) atoms. The average Bonchev–Trinajstić information content (AvgIpc) is 3.00. The number of hydrogen-bond donors (Lipinski definition) is 0. The van der Waals surface area contributed by atoms with Crippen LogP contribution in [-0.4, -0.2) is 83.9 Å². The minimum atomic E-state index is -0.660. The molecule has 0 aromatic rings. The normalized spacial score (nSPS) is 34.0. The molecule has 126 valence electrons. The van der Waals surface area contributed by atoms with E-state index in [-0.39, 0.29) is 6.09 Å². The molecule has 3 aliphatic heterocycles. The highest BCUT2D eigenvalue weighted by molar-refractivity contribution is 5.68. The van der Waals surface area contributed by atoms with Crippen LogP contribution in [-0.2, 0) is 4.74 Å². The number of likely N-dealkylation sites (tertiary alicyclic amines) is 1. The number of fused-ring (bicyclic) bond motifs is 1.